The molecule has 0 radical (unpaired) electrons. The Bertz CT molecular complexity index is 63.0. The van der Waals surface area contributed by atoms with Crippen LogP contribution in [0, 0.1) is 5.41 Å². The Kier molecular flexibility index (Phi) is 1.05. The van der Waals surface area contributed by atoms with E-state index in [2.05, 4.69) is 12.2 Å². The van der Waals surface area contributed by atoms with Gasteiger partial charge in [-0.05, 0) is 0 Å². The van der Waals surface area contributed by atoms with E-state index in [1.807, 2.05) is 0 Å². The maximum Gasteiger partial charge on any atom is 0.0509 e. The number of aliphatic hydroxyl groups is 1. The van der Waals surface area contributed by atoms with Crippen LogP contribution in [0.2, 0.25) is 0 Å². The van der Waals surface area contributed by atoms with Crippen molar-refractivity contribution >= 4 is 0 Å². The molecule has 0 amide bonds. The van der Waals surface area contributed by atoms with Gasteiger partial charge in [0.15, 0.2) is 0 Å². The number of rotatable bonds is 1. The molecule has 1 aliphatic heterocycles. The van der Waals surface area contributed by atoms with E-state index in [-0.39, 0.29) is 5.41 Å². The molecule has 0 aromatic carbocycles. The minimum atomic E-state index is 0.208. The van der Waals surface area contributed by atoms with Crippen molar-refractivity contribution in [2.75, 3.05) is 19.7 Å². The summed E-state index contributed by atoms with van der Waals surface area (Å²) in [7, 11) is 0. The van der Waals surface area contributed by atoms with Crippen LogP contribution in [-0.4, -0.2) is 24.8 Å². The van der Waals surface area contributed by atoms with Gasteiger partial charge in [0.25, 0.3) is 0 Å². The molecule has 0 aromatic heterocycles. The highest BCUT2D eigenvalue weighted by atomic mass is 16.3. The highest BCUT2D eigenvalue weighted by Gasteiger charge is 2.29. The Morgan fingerprint density at radius 2 is 2.29 bits per heavy atom. The normalized spacial score (nSPS) is 26.6. The molecule has 42 valence electrons. The summed E-state index contributed by atoms with van der Waals surface area (Å²) in [6.07, 6.45) is 0. The van der Waals surface area contributed by atoms with Gasteiger partial charge in [-0.25, -0.2) is 0 Å². The summed E-state index contributed by atoms with van der Waals surface area (Å²) >= 11 is 0. The van der Waals surface area contributed by atoms with E-state index < -0.39 is 0 Å². The third kappa shape index (κ3) is 0.763. The van der Waals surface area contributed by atoms with Crippen LogP contribution in [0.25, 0.3) is 0 Å². The summed E-state index contributed by atoms with van der Waals surface area (Å²) in [6.45, 7) is 4.34. The van der Waals surface area contributed by atoms with Crippen LogP contribution in [0.4, 0.5) is 0 Å². The lowest BCUT2D eigenvalue weighted by atomic mass is 9.85. The van der Waals surface area contributed by atoms with E-state index in [0.29, 0.717) is 6.61 Å². The van der Waals surface area contributed by atoms with Gasteiger partial charge in [0, 0.05) is 18.5 Å². The van der Waals surface area contributed by atoms with Crippen molar-refractivity contribution < 1.29 is 5.11 Å². The van der Waals surface area contributed by atoms with Crippen LogP contribution in [-0.2, 0) is 0 Å². The van der Waals surface area contributed by atoms with Gasteiger partial charge in [0.1, 0.15) is 0 Å². The zero-order valence-corrected chi connectivity index (χ0v) is 4.57. The van der Waals surface area contributed by atoms with Gasteiger partial charge < -0.3 is 10.4 Å². The summed E-state index contributed by atoms with van der Waals surface area (Å²) < 4.78 is 0. The molecular weight excluding hydrogens is 90.1 g/mol. The zero-order chi connectivity index (χ0) is 5.33. The van der Waals surface area contributed by atoms with E-state index in [4.69, 9.17) is 5.11 Å². The summed E-state index contributed by atoms with van der Waals surface area (Å²) in [5.41, 5.74) is 0.208. The van der Waals surface area contributed by atoms with Gasteiger partial charge >= 0.3 is 0 Å². The molecule has 1 rings (SSSR count). The second-order valence-electron chi connectivity index (χ2n) is 2.57. The maximum atomic E-state index is 8.61. The van der Waals surface area contributed by atoms with Crippen LogP contribution in [0.1, 0.15) is 6.92 Å². The van der Waals surface area contributed by atoms with E-state index >= 15 is 0 Å². The lowest BCUT2D eigenvalue weighted by Crippen LogP contribution is -2.53. The minimum Gasteiger partial charge on any atom is -0.396 e. The second kappa shape index (κ2) is 1.46. The molecule has 1 saturated heterocycles. The molecular formula is C5H11NO. The fourth-order valence-electron chi connectivity index (χ4n) is 0.664. The summed E-state index contributed by atoms with van der Waals surface area (Å²) in [5, 5.41) is 11.7. The van der Waals surface area contributed by atoms with Crippen molar-refractivity contribution in [1.29, 1.82) is 0 Å². The molecule has 0 aliphatic carbocycles. The largest absolute Gasteiger partial charge is 0.396 e. The Hall–Kier alpha value is -0.0800. The lowest BCUT2D eigenvalue weighted by molar-refractivity contribution is 0.0871. The number of hydrogen-bond acceptors (Lipinski definition) is 2. The molecule has 0 unspecified atom stereocenters. The molecule has 0 atom stereocenters. The van der Waals surface area contributed by atoms with Crippen LogP contribution >= 0.6 is 0 Å². The number of aliphatic hydroxyl groups excluding tert-OH is 1. The molecule has 2 N–H and O–H groups in total. The van der Waals surface area contributed by atoms with E-state index in [0.717, 1.165) is 13.1 Å². The fraction of sp³-hybridized carbons (Fsp3) is 1.00. The Morgan fingerprint density at radius 1 is 1.71 bits per heavy atom. The SMILES string of the molecule is CC1(CO)CNC1. The van der Waals surface area contributed by atoms with Gasteiger partial charge in [0.05, 0.1) is 6.61 Å². The first-order chi connectivity index (χ1) is 3.27. The van der Waals surface area contributed by atoms with Gasteiger partial charge in [-0.3, -0.25) is 0 Å². The first kappa shape index (κ1) is 5.06. The van der Waals surface area contributed by atoms with Crippen molar-refractivity contribution in [1.82, 2.24) is 5.32 Å². The van der Waals surface area contributed by atoms with Crippen LogP contribution in [0.5, 0.6) is 0 Å². The average Bonchev–Trinajstić information content (AvgIpc) is 1.61. The second-order valence-corrected chi connectivity index (χ2v) is 2.57. The Labute approximate surface area is 43.5 Å². The molecule has 1 aliphatic rings. The van der Waals surface area contributed by atoms with Gasteiger partial charge in [-0.15, -0.1) is 0 Å². The van der Waals surface area contributed by atoms with Gasteiger partial charge in [0.2, 0.25) is 0 Å². The Balaban J connectivity index is 2.29. The maximum absolute atomic E-state index is 8.61. The average molecular weight is 101 g/mol. The number of hydrogen-bond donors (Lipinski definition) is 2. The molecule has 1 fully saturated rings. The number of nitrogens with one attached hydrogen (secondary N) is 1. The molecule has 2 nitrogen and oxygen atoms in total. The quantitative estimate of drug-likeness (QED) is 0.470. The molecule has 0 spiro atoms. The molecule has 2 heteroatoms. The minimum absolute atomic E-state index is 0.208. The summed E-state index contributed by atoms with van der Waals surface area (Å²) in [6, 6.07) is 0. The predicted molar refractivity (Wildman–Crippen MR) is 28.1 cm³/mol. The topological polar surface area (TPSA) is 32.3 Å². The Morgan fingerprint density at radius 3 is 2.29 bits per heavy atom. The van der Waals surface area contributed by atoms with Gasteiger partial charge in [-0.1, -0.05) is 6.92 Å². The molecule has 0 saturated carbocycles. The summed E-state index contributed by atoms with van der Waals surface area (Å²) in [4.78, 5) is 0. The molecule has 0 aromatic rings. The van der Waals surface area contributed by atoms with Crippen molar-refractivity contribution in [2.45, 2.75) is 6.92 Å². The summed E-state index contributed by atoms with van der Waals surface area (Å²) in [5.74, 6) is 0. The molecule has 1 heterocycles. The van der Waals surface area contributed by atoms with Crippen molar-refractivity contribution in [3.8, 4) is 0 Å². The van der Waals surface area contributed by atoms with Crippen LogP contribution < -0.4 is 5.32 Å². The van der Waals surface area contributed by atoms with E-state index in [1.54, 1.807) is 0 Å². The van der Waals surface area contributed by atoms with E-state index in [1.165, 1.54) is 0 Å². The van der Waals surface area contributed by atoms with Crippen molar-refractivity contribution in [3.05, 3.63) is 0 Å². The van der Waals surface area contributed by atoms with Crippen molar-refractivity contribution in [3.63, 3.8) is 0 Å². The van der Waals surface area contributed by atoms with Gasteiger partial charge in [-0.2, -0.15) is 0 Å². The van der Waals surface area contributed by atoms with Crippen molar-refractivity contribution in [2.24, 2.45) is 5.41 Å². The van der Waals surface area contributed by atoms with Crippen LogP contribution in [0.3, 0.4) is 0 Å². The monoisotopic (exact) mass is 101 g/mol. The molecule has 7 heavy (non-hydrogen) atoms. The fourth-order valence-corrected chi connectivity index (χ4v) is 0.664. The van der Waals surface area contributed by atoms with Crippen LogP contribution in [0.15, 0.2) is 0 Å². The molecule has 0 bridgehead atoms. The standard InChI is InChI=1S/C5H11NO/c1-5(4-7)2-6-3-5/h6-7H,2-4H2,1H3. The first-order valence-electron chi connectivity index (χ1n) is 2.58. The smallest absolute Gasteiger partial charge is 0.0509 e. The predicted octanol–water partition coefficient (Wildman–Crippen LogP) is -0.412. The first-order valence-corrected chi connectivity index (χ1v) is 2.58. The third-order valence-corrected chi connectivity index (χ3v) is 1.49. The highest BCUT2D eigenvalue weighted by molar-refractivity contribution is 4.86. The van der Waals surface area contributed by atoms with E-state index in [9.17, 15) is 0 Å². The lowest BCUT2D eigenvalue weighted by Gasteiger charge is -2.37. The zero-order valence-electron chi connectivity index (χ0n) is 4.57. The highest BCUT2D eigenvalue weighted by Crippen LogP contribution is 2.18. The third-order valence-electron chi connectivity index (χ3n) is 1.49.